The molecule has 0 amide bonds. The summed E-state index contributed by atoms with van der Waals surface area (Å²) in [6, 6.07) is 20.8. The van der Waals surface area contributed by atoms with Crippen molar-refractivity contribution in [1.29, 1.82) is 0 Å². The van der Waals surface area contributed by atoms with Crippen molar-refractivity contribution >= 4 is 23.1 Å². The van der Waals surface area contributed by atoms with E-state index in [0.29, 0.717) is 33.6 Å². The molecule has 0 fully saturated rings. The highest BCUT2D eigenvalue weighted by Crippen LogP contribution is 2.28. The molecule has 0 N–H and O–H groups in total. The quantitative estimate of drug-likeness (QED) is 0.282. The van der Waals surface area contributed by atoms with Crippen molar-refractivity contribution in [2.75, 3.05) is 7.11 Å². The lowest BCUT2D eigenvalue weighted by Crippen LogP contribution is -2.20. The highest BCUT2D eigenvalue weighted by Gasteiger charge is 2.12. The number of fused-ring (bicyclic) bond motifs is 1. The third kappa shape index (κ3) is 4.20. The molecule has 0 aliphatic heterocycles. The second kappa shape index (κ2) is 8.62. The summed E-state index contributed by atoms with van der Waals surface area (Å²) in [5.41, 5.74) is 1.48. The number of carbonyl (C=O) groups excluding carboxylic acids is 1. The Labute approximate surface area is 178 Å². The Morgan fingerprint density at radius 3 is 2.52 bits per heavy atom. The van der Waals surface area contributed by atoms with Gasteiger partial charge in [-0.3, -0.25) is 4.79 Å². The average molecular weight is 413 g/mol. The number of benzene rings is 3. The van der Waals surface area contributed by atoms with E-state index in [4.69, 9.17) is 9.47 Å². The zero-order valence-electron chi connectivity index (χ0n) is 17.0. The first-order valence-corrected chi connectivity index (χ1v) is 9.55. The normalized spacial score (nSPS) is 11.0. The number of rotatable bonds is 5. The standard InChI is InChI=1S/C24H19N3O4/c1-16-26-20-11-7-6-10-19(20)23(28)27(16)25-15-17-12-13-21(22(14-17)30-2)31-24(29)18-8-4-3-5-9-18/h3-15H,1-2H3. The number of para-hydroxylation sites is 1. The van der Waals surface area contributed by atoms with Gasteiger partial charge in [0.1, 0.15) is 5.82 Å². The molecule has 1 aromatic heterocycles. The third-order valence-electron chi connectivity index (χ3n) is 4.64. The number of esters is 1. The predicted molar refractivity (Wildman–Crippen MR) is 118 cm³/mol. The molecule has 4 aromatic rings. The topological polar surface area (TPSA) is 82.8 Å². The van der Waals surface area contributed by atoms with E-state index in [9.17, 15) is 9.59 Å². The smallest absolute Gasteiger partial charge is 0.343 e. The molecule has 0 saturated carbocycles. The molecule has 0 aliphatic rings. The fourth-order valence-electron chi connectivity index (χ4n) is 3.08. The maximum atomic E-state index is 12.7. The van der Waals surface area contributed by atoms with Gasteiger partial charge in [0.05, 0.1) is 29.8 Å². The van der Waals surface area contributed by atoms with Gasteiger partial charge in [-0.25, -0.2) is 9.78 Å². The highest BCUT2D eigenvalue weighted by atomic mass is 16.6. The molecule has 154 valence electrons. The molecule has 31 heavy (non-hydrogen) atoms. The van der Waals surface area contributed by atoms with E-state index in [0.717, 1.165) is 0 Å². The number of nitrogens with zero attached hydrogens (tertiary/aromatic N) is 3. The molecule has 0 unspecified atom stereocenters. The molecule has 1 heterocycles. The molecule has 4 rings (SSSR count). The summed E-state index contributed by atoms with van der Waals surface area (Å²) in [5, 5.41) is 4.78. The van der Waals surface area contributed by atoms with Crippen molar-refractivity contribution in [3.63, 3.8) is 0 Å². The molecular formula is C24H19N3O4. The molecule has 7 heteroatoms. The first kappa shape index (κ1) is 20.0. The third-order valence-corrected chi connectivity index (χ3v) is 4.64. The summed E-state index contributed by atoms with van der Waals surface area (Å²) in [6.07, 6.45) is 1.52. The van der Waals surface area contributed by atoms with Crippen molar-refractivity contribution in [3.8, 4) is 11.5 Å². The SMILES string of the molecule is COc1cc(C=Nn2c(C)nc3ccccc3c2=O)ccc1OC(=O)c1ccccc1. The van der Waals surface area contributed by atoms with E-state index in [1.807, 2.05) is 12.1 Å². The van der Waals surface area contributed by atoms with Crippen LogP contribution in [-0.2, 0) is 0 Å². The van der Waals surface area contributed by atoms with E-state index >= 15 is 0 Å². The first-order valence-electron chi connectivity index (χ1n) is 9.55. The predicted octanol–water partition coefficient (Wildman–Crippen LogP) is 3.81. The van der Waals surface area contributed by atoms with Gasteiger partial charge in [0.15, 0.2) is 11.5 Å². The summed E-state index contributed by atoms with van der Waals surface area (Å²) < 4.78 is 12.1. The van der Waals surface area contributed by atoms with E-state index in [-0.39, 0.29) is 11.3 Å². The second-order valence-corrected chi connectivity index (χ2v) is 6.70. The van der Waals surface area contributed by atoms with Crippen molar-refractivity contribution in [2.24, 2.45) is 5.10 Å². The van der Waals surface area contributed by atoms with Crippen LogP contribution in [0.1, 0.15) is 21.7 Å². The summed E-state index contributed by atoms with van der Waals surface area (Å²) in [6.45, 7) is 1.72. The molecule has 0 atom stereocenters. The Morgan fingerprint density at radius 1 is 1.00 bits per heavy atom. The van der Waals surface area contributed by atoms with Crippen LogP contribution in [0, 0.1) is 6.92 Å². The first-order chi connectivity index (χ1) is 15.1. The number of aromatic nitrogens is 2. The number of carbonyl (C=O) groups is 1. The molecule has 3 aromatic carbocycles. The maximum Gasteiger partial charge on any atom is 0.343 e. The largest absolute Gasteiger partial charge is 0.493 e. The van der Waals surface area contributed by atoms with Crippen molar-refractivity contribution in [3.05, 3.63) is 100 Å². The zero-order chi connectivity index (χ0) is 21.8. The Balaban J connectivity index is 1.61. The van der Waals surface area contributed by atoms with Gasteiger partial charge in [-0.1, -0.05) is 30.3 Å². The minimum Gasteiger partial charge on any atom is -0.493 e. The van der Waals surface area contributed by atoms with Crippen molar-refractivity contribution < 1.29 is 14.3 Å². The molecular weight excluding hydrogens is 394 g/mol. The van der Waals surface area contributed by atoms with Gasteiger partial charge in [-0.05, 0) is 55.0 Å². The lowest BCUT2D eigenvalue weighted by atomic mass is 10.2. The minimum atomic E-state index is -0.482. The minimum absolute atomic E-state index is 0.250. The molecule has 0 spiro atoms. The van der Waals surface area contributed by atoms with E-state index in [2.05, 4.69) is 10.1 Å². The number of methoxy groups -OCH3 is 1. The van der Waals surface area contributed by atoms with Crippen LogP contribution in [0.3, 0.4) is 0 Å². The van der Waals surface area contributed by atoms with Crippen LogP contribution in [0.2, 0.25) is 0 Å². The Morgan fingerprint density at radius 2 is 1.74 bits per heavy atom. The van der Waals surface area contributed by atoms with E-state index in [1.165, 1.54) is 18.0 Å². The van der Waals surface area contributed by atoms with Crippen LogP contribution in [0.4, 0.5) is 0 Å². The fourth-order valence-corrected chi connectivity index (χ4v) is 3.08. The highest BCUT2D eigenvalue weighted by molar-refractivity contribution is 5.91. The van der Waals surface area contributed by atoms with Gasteiger partial charge in [-0.2, -0.15) is 9.78 Å². The Bertz CT molecular complexity index is 1340. The zero-order valence-corrected chi connectivity index (χ0v) is 17.0. The summed E-state index contributed by atoms with van der Waals surface area (Å²) >= 11 is 0. The average Bonchev–Trinajstić information content (AvgIpc) is 2.80. The Hall–Kier alpha value is -4.26. The lowest BCUT2D eigenvalue weighted by molar-refractivity contribution is 0.0729. The maximum absolute atomic E-state index is 12.7. The van der Waals surface area contributed by atoms with Crippen molar-refractivity contribution in [1.82, 2.24) is 9.66 Å². The van der Waals surface area contributed by atoms with Gasteiger partial charge in [0.25, 0.3) is 5.56 Å². The molecule has 0 radical (unpaired) electrons. The van der Waals surface area contributed by atoms with Gasteiger partial charge < -0.3 is 9.47 Å². The molecule has 0 aliphatic carbocycles. The number of aryl methyl sites for hydroxylation is 1. The van der Waals surface area contributed by atoms with E-state index in [1.54, 1.807) is 67.6 Å². The number of ether oxygens (including phenoxy) is 2. The van der Waals surface area contributed by atoms with Gasteiger partial charge >= 0.3 is 5.97 Å². The van der Waals surface area contributed by atoms with Crippen LogP contribution in [0.5, 0.6) is 11.5 Å². The van der Waals surface area contributed by atoms with Crippen LogP contribution in [-0.4, -0.2) is 29.0 Å². The van der Waals surface area contributed by atoms with Crippen LogP contribution < -0.4 is 15.0 Å². The second-order valence-electron chi connectivity index (χ2n) is 6.70. The van der Waals surface area contributed by atoms with Crippen LogP contribution >= 0.6 is 0 Å². The van der Waals surface area contributed by atoms with Crippen molar-refractivity contribution in [2.45, 2.75) is 6.92 Å². The van der Waals surface area contributed by atoms with Crippen LogP contribution in [0.25, 0.3) is 10.9 Å². The molecule has 7 nitrogen and oxygen atoms in total. The lowest BCUT2D eigenvalue weighted by Gasteiger charge is -2.10. The fraction of sp³-hybridized carbons (Fsp3) is 0.0833. The summed E-state index contributed by atoms with van der Waals surface area (Å²) in [7, 11) is 1.48. The monoisotopic (exact) mass is 413 g/mol. The molecule has 0 saturated heterocycles. The number of hydrogen-bond acceptors (Lipinski definition) is 6. The van der Waals surface area contributed by atoms with Gasteiger partial charge in [0.2, 0.25) is 0 Å². The summed E-state index contributed by atoms with van der Waals surface area (Å²) in [4.78, 5) is 29.5. The van der Waals surface area contributed by atoms with Gasteiger partial charge in [-0.15, -0.1) is 0 Å². The van der Waals surface area contributed by atoms with Gasteiger partial charge in [0, 0.05) is 0 Å². The molecule has 0 bridgehead atoms. The number of hydrogen-bond donors (Lipinski definition) is 0. The van der Waals surface area contributed by atoms with E-state index < -0.39 is 5.97 Å². The summed E-state index contributed by atoms with van der Waals surface area (Å²) in [5.74, 6) is 0.646. The Kier molecular flexibility index (Phi) is 5.57. The van der Waals surface area contributed by atoms with Crippen LogP contribution in [0.15, 0.2) is 82.7 Å².